The average molecular weight is 331 g/mol. The molecule has 7 heteroatoms. The second-order valence-electron chi connectivity index (χ2n) is 3.29. The lowest BCUT2D eigenvalue weighted by Crippen LogP contribution is -2.14. The van der Waals surface area contributed by atoms with Crippen molar-refractivity contribution in [2.24, 2.45) is 0 Å². The van der Waals surface area contributed by atoms with Crippen LogP contribution in [0.2, 0.25) is 5.15 Å². The maximum atomic E-state index is 13.0. The first-order chi connectivity index (χ1) is 8.56. The Kier molecular flexibility index (Phi) is 3.88. The molecule has 2 aromatic rings. The van der Waals surface area contributed by atoms with Gasteiger partial charge in [-0.2, -0.15) is 0 Å². The van der Waals surface area contributed by atoms with Gasteiger partial charge in [-0.05, 0) is 34.1 Å². The molecule has 0 fully saturated rings. The molecule has 0 aliphatic rings. The van der Waals surface area contributed by atoms with Gasteiger partial charge in [-0.1, -0.05) is 17.7 Å². The van der Waals surface area contributed by atoms with Gasteiger partial charge in [-0.15, -0.1) is 0 Å². The van der Waals surface area contributed by atoms with E-state index in [2.05, 4.69) is 31.2 Å². The van der Waals surface area contributed by atoms with Crippen molar-refractivity contribution in [3.8, 4) is 0 Å². The van der Waals surface area contributed by atoms with Gasteiger partial charge in [0.05, 0.1) is 11.8 Å². The molecular formula is C11H6BrClFN3O. The third-order valence-corrected chi connectivity index (χ3v) is 2.75. The van der Waals surface area contributed by atoms with Crippen molar-refractivity contribution in [1.82, 2.24) is 9.97 Å². The van der Waals surface area contributed by atoms with E-state index >= 15 is 0 Å². The number of nitrogens with zero attached hydrogens (tertiary/aromatic N) is 2. The zero-order chi connectivity index (χ0) is 13.1. The van der Waals surface area contributed by atoms with Gasteiger partial charge >= 0.3 is 0 Å². The molecule has 2 rings (SSSR count). The van der Waals surface area contributed by atoms with Crippen LogP contribution in [0.1, 0.15) is 10.4 Å². The predicted octanol–water partition coefficient (Wildman–Crippen LogP) is 3.28. The molecule has 0 spiro atoms. The number of amides is 1. The summed E-state index contributed by atoms with van der Waals surface area (Å²) in [6, 6.07) is 6.04. The van der Waals surface area contributed by atoms with E-state index < -0.39 is 11.7 Å². The lowest BCUT2D eigenvalue weighted by Gasteiger charge is -2.05. The van der Waals surface area contributed by atoms with E-state index in [0.717, 1.165) is 12.3 Å². The summed E-state index contributed by atoms with van der Waals surface area (Å²) in [5.41, 5.74) is -0.0431. The molecule has 1 amide bonds. The number of carbonyl (C=O) groups is 1. The van der Waals surface area contributed by atoms with Gasteiger partial charge in [0.1, 0.15) is 21.4 Å². The number of hydrogen-bond acceptors (Lipinski definition) is 3. The Morgan fingerprint density at radius 1 is 1.44 bits per heavy atom. The summed E-state index contributed by atoms with van der Waals surface area (Å²) in [5.74, 6) is -0.876. The van der Waals surface area contributed by atoms with Crippen molar-refractivity contribution in [2.45, 2.75) is 0 Å². The summed E-state index contributed by atoms with van der Waals surface area (Å²) in [4.78, 5) is 19.4. The number of anilines is 1. The van der Waals surface area contributed by atoms with Crippen LogP contribution in [-0.2, 0) is 0 Å². The van der Waals surface area contributed by atoms with E-state index in [-0.39, 0.29) is 10.7 Å². The van der Waals surface area contributed by atoms with Crippen molar-refractivity contribution in [1.29, 1.82) is 0 Å². The minimum absolute atomic E-state index is 0.0431. The highest BCUT2D eigenvalue weighted by atomic mass is 79.9. The molecule has 4 nitrogen and oxygen atoms in total. The van der Waals surface area contributed by atoms with Gasteiger partial charge in [0.2, 0.25) is 0 Å². The van der Waals surface area contributed by atoms with E-state index in [0.29, 0.717) is 10.4 Å². The normalized spacial score (nSPS) is 10.2. The van der Waals surface area contributed by atoms with E-state index in [1.807, 2.05) is 0 Å². The smallest absolute Gasteiger partial charge is 0.260 e. The van der Waals surface area contributed by atoms with Crippen LogP contribution in [0.4, 0.5) is 10.2 Å². The highest BCUT2D eigenvalue weighted by Gasteiger charge is 2.13. The number of rotatable bonds is 2. The first-order valence-corrected chi connectivity index (χ1v) is 5.98. The molecule has 0 atom stereocenters. The summed E-state index contributed by atoms with van der Waals surface area (Å²) < 4.78 is 13.6. The van der Waals surface area contributed by atoms with Crippen LogP contribution in [0.3, 0.4) is 0 Å². The lowest BCUT2D eigenvalue weighted by molar-refractivity contribution is 0.102. The van der Waals surface area contributed by atoms with Gasteiger partial charge in [0.15, 0.2) is 0 Å². The van der Waals surface area contributed by atoms with Crippen LogP contribution in [0.15, 0.2) is 35.1 Å². The SMILES string of the molecule is O=C(Nc1cccc(Br)n1)c1cc(F)cnc1Cl. The first-order valence-electron chi connectivity index (χ1n) is 4.81. The zero-order valence-electron chi connectivity index (χ0n) is 8.82. The van der Waals surface area contributed by atoms with Crippen molar-refractivity contribution >= 4 is 39.3 Å². The second-order valence-corrected chi connectivity index (χ2v) is 4.46. The Bertz CT molecular complexity index is 609. The molecule has 0 aliphatic heterocycles. The molecule has 18 heavy (non-hydrogen) atoms. The molecule has 0 saturated heterocycles. The molecule has 92 valence electrons. The molecule has 0 radical (unpaired) electrons. The molecular weight excluding hydrogens is 324 g/mol. The van der Waals surface area contributed by atoms with Gasteiger partial charge in [0, 0.05) is 0 Å². The molecule has 0 saturated carbocycles. The number of aromatic nitrogens is 2. The number of halogens is 3. The summed E-state index contributed by atoms with van der Waals surface area (Å²) in [6.07, 6.45) is 0.941. The Labute approximate surface area is 115 Å². The van der Waals surface area contributed by atoms with Crippen molar-refractivity contribution in [3.05, 3.63) is 51.6 Å². The summed E-state index contributed by atoms with van der Waals surface area (Å²) in [6.45, 7) is 0. The van der Waals surface area contributed by atoms with Gasteiger partial charge in [0.25, 0.3) is 5.91 Å². The molecule has 1 N–H and O–H groups in total. The number of pyridine rings is 2. The van der Waals surface area contributed by atoms with Crippen LogP contribution in [-0.4, -0.2) is 15.9 Å². The van der Waals surface area contributed by atoms with E-state index in [4.69, 9.17) is 11.6 Å². The van der Waals surface area contributed by atoms with Crippen LogP contribution in [0.5, 0.6) is 0 Å². The minimum atomic E-state index is -0.633. The molecule has 0 bridgehead atoms. The fourth-order valence-electron chi connectivity index (χ4n) is 1.24. The van der Waals surface area contributed by atoms with Crippen molar-refractivity contribution < 1.29 is 9.18 Å². The summed E-state index contributed by atoms with van der Waals surface area (Å²) >= 11 is 8.89. The van der Waals surface area contributed by atoms with Crippen molar-refractivity contribution in [2.75, 3.05) is 5.32 Å². The maximum absolute atomic E-state index is 13.0. The second kappa shape index (κ2) is 5.41. The zero-order valence-corrected chi connectivity index (χ0v) is 11.2. The highest BCUT2D eigenvalue weighted by molar-refractivity contribution is 9.10. The topological polar surface area (TPSA) is 54.9 Å². The molecule has 0 aliphatic carbocycles. The summed E-state index contributed by atoms with van der Waals surface area (Å²) in [7, 11) is 0. The highest BCUT2D eigenvalue weighted by Crippen LogP contribution is 2.16. The first kappa shape index (κ1) is 12.9. The fraction of sp³-hybridized carbons (Fsp3) is 0. The van der Waals surface area contributed by atoms with Crippen LogP contribution >= 0.6 is 27.5 Å². The Balaban J connectivity index is 2.24. The van der Waals surface area contributed by atoms with E-state index in [1.54, 1.807) is 18.2 Å². The predicted molar refractivity (Wildman–Crippen MR) is 69.1 cm³/mol. The van der Waals surface area contributed by atoms with Crippen LogP contribution in [0.25, 0.3) is 0 Å². The standard InChI is InChI=1S/C11H6BrClFN3O/c12-8-2-1-3-9(16-8)17-11(18)7-4-6(14)5-15-10(7)13/h1-5H,(H,16,17,18). The third kappa shape index (κ3) is 3.02. The molecule has 0 unspecified atom stereocenters. The van der Waals surface area contributed by atoms with Gasteiger partial charge < -0.3 is 5.32 Å². The molecule has 0 aromatic carbocycles. The fourth-order valence-corrected chi connectivity index (χ4v) is 1.78. The average Bonchev–Trinajstić information content (AvgIpc) is 2.32. The lowest BCUT2D eigenvalue weighted by atomic mass is 10.2. The maximum Gasteiger partial charge on any atom is 0.260 e. The Hall–Kier alpha value is -1.53. The van der Waals surface area contributed by atoms with Gasteiger partial charge in [-0.25, -0.2) is 14.4 Å². The van der Waals surface area contributed by atoms with Gasteiger partial charge in [-0.3, -0.25) is 4.79 Å². The number of hydrogen-bond donors (Lipinski definition) is 1. The van der Waals surface area contributed by atoms with E-state index in [9.17, 15) is 9.18 Å². The van der Waals surface area contributed by atoms with Crippen LogP contribution in [0, 0.1) is 5.82 Å². The van der Waals surface area contributed by atoms with Crippen molar-refractivity contribution in [3.63, 3.8) is 0 Å². The molecule has 2 aromatic heterocycles. The Morgan fingerprint density at radius 3 is 2.94 bits per heavy atom. The van der Waals surface area contributed by atoms with E-state index in [1.165, 1.54) is 0 Å². The number of nitrogens with one attached hydrogen (secondary N) is 1. The largest absolute Gasteiger partial charge is 0.306 e. The third-order valence-electron chi connectivity index (χ3n) is 2.01. The van der Waals surface area contributed by atoms with Crippen LogP contribution < -0.4 is 5.32 Å². The quantitative estimate of drug-likeness (QED) is 0.860. The monoisotopic (exact) mass is 329 g/mol. The Morgan fingerprint density at radius 2 is 2.22 bits per heavy atom. The number of carbonyl (C=O) groups excluding carboxylic acids is 1. The minimum Gasteiger partial charge on any atom is -0.306 e. The summed E-state index contributed by atoms with van der Waals surface area (Å²) in [5, 5.41) is 2.43. The molecule has 2 heterocycles.